The van der Waals surface area contributed by atoms with Crippen LogP contribution in [-0.2, 0) is 0 Å². The number of anilines is 1. The predicted molar refractivity (Wildman–Crippen MR) is 77.7 cm³/mol. The van der Waals surface area contributed by atoms with Crippen molar-refractivity contribution < 1.29 is 9.90 Å². The van der Waals surface area contributed by atoms with E-state index in [1.54, 1.807) is 6.07 Å². The zero-order valence-electron chi connectivity index (χ0n) is 9.95. The number of phenols is 1. The number of aromatic nitrogens is 1. The normalized spacial score (nSPS) is 10.3. The number of nitrogens with zero attached hydrogens (tertiary/aromatic N) is 1. The first-order valence-corrected chi connectivity index (χ1v) is 6.56. The molecule has 0 fully saturated rings. The quantitative estimate of drug-likeness (QED) is 0.818. The van der Waals surface area contributed by atoms with Crippen LogP contribution in [0.5, 0.6) is 5.75 Å². The van der Waals surface area contributed by atoms with E-state index < -0.39 is 5.91 Å². The van der Waals surface area contributed by atoms with Crippen molar-refractivity contribution in [3.63, 3.8) is 0 Å². The molecule has 0 saturated carbocycles. The molecule has 2 aromatic rings. The Labute approximate surface area is 123 Å². The van der Waals surface area contributed by atoms with Gasteiger partial charge in [0.05, 0.1) is 17.4 Å². The molecule has 1 heterocycles. The Bertz CT molecular complexity index is 647. The van der Waals surface area contributed by atoms with E-state index in [1.165, 1.54) is 24.4 Å². The molecule has 0 aliphatic rings. The molecule has 98 valence electrons. The number of nitrogens with one attached hydrogen (secondary N) is 1. The minimum absolute atomic E-state index is 0.119. The fraction of sp³-hybridized carbons (Fsp3) is 0.0769. The molecule has 0 aliphatic carbocycles. The first kappa shape index (κ1) is 13.8. The average Bonchev–Trinajstić information content (AvgIpc) is 2.36. The Hall–Kier alpha value is -1.59. The van der Waals surface area contributed by atoms with E-state index in [1.807, 2.05) is 6.92 Å². The van der Waals surface area contributed by atoms with Crippen LogP contribution in [0.4, 0.5) is 5.69 Å². The van der Waals surface area contributed by atoms with Gasteiger partial charge in [0.2, 0.25) is 0 Å². The lowest BCUT2D eigenvalue weighted by Gasteiger charge is -2.08. The molecule has 0 saturated heterocycles. The van der Waals surface area contributed by atoms with E-state index in [9.17, 15) is 9.90 Å². The van der Waals surface area contributed by atoms with E-state index in [2.05, 4.69) is 26.2 Å². The first-order valence-electron chi connectivity index (χ1n) is 5.39. The Morgan fingerprint density at radius 3 is 2.84 bits per heavy atom. The molecule has 0 spiro atoms. The Balaban J connectivity index is 2.25. The van der Waals surface area contributed by atoms with E-state index in [-0.39, 0.29) is 11.3 Å². The maximum absolute atomic E-state index is 12.0. The molecule has 0 atom stereocenters. The van der Waals surface area contributed by atoms with Crippen molar-refractivity contribution in [2.75, 3.05) is 5.32 Å². The summed E-state index contributed by atoms with van der Waals surface area (Å²) in [6.07, 6.45) is 1.52. The highest BCUT2D eigenvalue weighted by Gasteiger charge is 2.12. The lowest BCUT2D eigenvalue weighted by Crippen LogP contribution is -2.12. The summed E-state index contributed by atoms with van der Waals surface area (Å²) in [6, 6.07) is 6.07. The highest BCUT2D eigenvalue weighted by atomic mass is 79.9. The molecule has 1 aromatic carbocycles. The van der Waals surface area contributed by atoms with Gasteiger partial charge in [-0.15, -0.1) is 0 Å². The van der Waals surface area contributed by atoms with Gasteiger partial charge in [-0.3, -0.25) is 4.79 Å². The van der Waals surface area contributed by atoms with Crippen LogP contribution in [0.1, 0.15) is 15.9 Å². The van der Waals surface area contributed by atoms with Crippen LogP contribution >= 0.6 is 27.5 Å². The number of aromatic hydroxyl groups is 1. The van der Waals surface area contributed by atoms with Gasteiger partial charge in [-0.25, -0.2) is 4.98 Å². The van der Waals surface area contributed by atoms with Crippen LogP contribution in [-0.4, -0.2) is 16.0 Å². The van der Waals surface area contributed by atoms with Crippen molar-refractivity contribution in [1.82, 2.24) is 4.98 Å². The summed E-state index contributed by atoms with van der Waals surface area (Å²) in [7, 11) is 0. The molecule has 19 heavy (non-hydrogen) atoms. The minimum Gasteiger partial charge on any atom is -0.507 e. The molecule has 0 aliphatic heterocycles. The standard InChI is InChI=1S/C13H10BrClN2O2/c1-7-4-9(6-16-12(7)14)17-13(19)10-5-8(15)2-3-11(10)18/h2-6,18H,1H3,(H,17,19). The average molecular weight is 342 g/mol. The SMILES string of the molecule is Cc1cc(NC(=O)c2cc(Cl)ccc2O)cnc1Br. The lowest BCUT2D eigenvalue weighted by atomic mass is 10.2. The second-order valence-corrected chi connectivity index (χ2v) is 5.13. The molecular formula is C13H10BrClN2O2. The number of hydrogen-bond acceptors (Lipinski definition) is 3. The van der Waals surface area contributed by atoms with Gasteiger partial charge in [0.15, 0.2) is 0 Å². The van der Waals surface area contributed by atoms with E-state index >= 15 is 0 Å². The van der Waals surface area contributed by atoms with Crippen LogP contribution in [0.2, 0.25) is 5.02 Å². The number of amides is 1. The topological polar surface area (TPSA) is 62.2 Å². The van der Waals surface area contributed by atoms with Gasteiger partial charge in [0.25, 0.3) is 5.91 Å². The van der Waals surface area contributed by atoms with Gasteiger partial charge in [-0.2, -0.15) is 0 Å². The molecule has 0 unspecified atom stereocenters. The number of carbonyl (C=O) groups excluding carboxylic acids is 1. The van der Waals surface area contributed by atoms with Gasteiger partial charge < -0.3 is 10.4 Å². The maximum atomic E-state index is 12.0. The summed E-state index contributed by atoms with van der Waals surface area (Å²) >= 11 is 9.08. The van der Waals surface area contributed by atoms with Crippen LogP contribution < -0.4 is 5.32 Å². The van der Waals surface area contributed by atoms with E-state index in [0.717, 1.165) is 10.2 Å². The third-order valence-corrected chi connectivity index (χ3v) is 3.54. The number of pyridine rings is 1. The van der Waals surface area contributed by atoms with Crippen molar-refractivity contribution in [2.24, 2.45) is 0 Å². The molecule has 2 N–H and O–H groups in total. The summed E-state index contributed by atoms with van der Waals surface area (Å²) < 4.78 is 0.719. The first-order chi connectivity index (χ1) is 8.97. The number of rotatable bonds is 2. The third-order valence-electron chi connectivity index (χ3n) is 2.48. The summed E-state index contributed by atoms with van der Waals surface area (Å²) in [5, 5.41) is 12.7. The summed E-state index contributed by atoms with van der Waals surface area (Å²) in [4.78, 5) is 16.1. The minimum atomic E-state index is -0.441. The van der Waals surface area contributed by atoms with Crippen LogP contribution in [0.15, 0.2) is 35.1 Å². The van der Waals surface area contributed by atoms with Crippen LogP contribution in [0, 0.1) is 6.92 Å². The fourth-order valence-electron chi connectivity index (χ4n) is 1.52. The number of benzene rings is 1. The zero-order chi connectivity index (χ0) is 14.0. The van der Waals surface area contributed by atoms with Crippen molar-refractivity contribution >= 4 is 39.1 Å². The van der Waals surface area contributed by atoms with Gasteiger partial charge >= 0.3 is 0 Å². The van der Waals surface area contributed by atoms with Crippen LogP contribution in [0.25, 0.3) is 0 Å². The fourth-order valence-corrected chi connectivity index (χ4v) is 1.90. The van der Waals surface area contributed by atoms with Crippen molar-refractivity contribution in [2.45, 2.75) is 6.92 Å². The van der Waals surface area contributed by atoms with Gasteiger partial charge in [-0.1, -0.05) is 11.6 Å². The molecule has 1 amide bonds. The molecule has 0 bridgehead atoms. The molecule has 1 aromatic heterocycles. The predicted octanol–water partition coefficient (Wildman–Crippen LogP) is 3.76. The van der Waals surface area contributed by atoms with Crippen molar-refractivity contribution in [1.29, 1.82) is 0 Å². The smallest absolute Gasteiger partial charge is 0.259 e. The van der Waals surface area contributed by atoms with Gasteiger partial charge in [0.1, 0.15) is 10.4 Å². The molecular weight excluding hydrogens is 332 g/mol. The van der Waals surface area contributed by atoms with E-state index in [4.69, 9.17) is 11.6 Å². The summed E-state index contributed by atoms with van der Waals surface area (Å²) in [6.45, 7) is 1.86. The number of phenolic OH excluding ortho intramolecular Hbond substituents is 1. The Kier molecular flexibility index (Phi) is 4.07. The Morgan fingerprint density at radius 2 is 2.16 bits per heavy atom. The summed E-state index contributed by atoms with van der Waals surface area (Å²) in [5.41, 5.74) is 1.56. The Morgan fingerprint density at radius 1 is 1.42 bits per heavy atom. The van der Waals surface area contributed by atoms with Gasteiger partial charge in [0, 0.05) is 5.02 Å². The van der Waals surface area contributed by atoms with Crippen molar-refractivity contribution in [3.8, 4) is 5.75 Å². The largest absolute Gasteiger partial charge is 0.507 e. The highest BCUT2D eigenvalue weighted by molar-refractivity contribution is 9.10. The van der Waals surface area contributed by atoms with Gasteiger partial charge in [-0.05, 0) is 52.7 Å². The number of halogens is 2. The lowest BCUT2D eigenvalue weighted by molar-refractivity contribution is 0.102. The second kappa shape index (κ2) is 5.59. The zero-order valence-corrected chi connectivity index (χ0v) is 12.3. The number of carbonyl (C=O) groups is 1. The maximum Gasteiger partial charge on any atom is 0.259 e. The second-order valence-electron chi connectivity index (χ2n) is 3.95. The number of hydrogen-bond donors (Lipinski definition) is 2. The molecule has 2 rings (SSSR count). The summed E-state index contributed by atoms with van der Waals surface area (Å²) in [5.74, 6) is -0.563. The van der Waals surface area contributed by atoms with Crippen LogP contribution in [0.3, 0.4) is 0 Å². The third kappa shape index (κ3) is 3.24. The molecule has 6 heteroatoms. The monoisotopic (exact) mass is 340 g/mol. The van der Waals surface area contributed by atoms with Crippen molar-refractivity contribution in [3.05, 3.63) is 51.2 Å². The number of aryl methyl sites for hydroxylation is 1. The highest BCUT2D eigenvalue weighted by Crippen LogP contribution is 2.23. The molecule has 0 radical (unpaired) electrons. The van der Waals surface area contributed by atoms with E-state index in [0.29, 0.717) is 10.7 Å². The molecule has 4 nitrogen and oxygen atoms in total.